The number of rotatable bonds is 8. The molecule has 3 nitrogen and oxygen atoms in total. The molecule has 0 aliphatic heterocycles. The molecule has 0 aliphatic carbocycles. The van der Waals surface area contributed by atoms with Crippen LogP contribution >= 0.6 is 0 Å². The minimum atomic E-state index is -0.361. The van der Waals surface area contributed by atoms with Crippen LogP contribution in [-0.4, -0.2) is 30.6 Å². The van der Waals surface area contributed by atoms with Gasteiger partial charge in [-0.3, -0.25) is 0 Å². The Morgan fingerprint density at radius 2 is 2.05 bits per heavy atom. The van der Waals surface area contributed by atoms with E-state index in [4.69, 9.17) is 5.26 Å². The van der Waals surface area contributed by atoms with E-state index in [2.05, 4.69) is 31.0 Å². The highest BCUT2D eigenvalue weighted by Crippen LogP contribution is 2.17. The minimum absolute atomic E-state index is 0.216. The molecular formula is C16H24FN3. The summed E-state index contributed by atoms with van der Waals surface area (Å²) in [4.78, 5) is 2.38. The molecule has 0 aromatic heterocycles. The lowest BCUT2D eigenvalue weighted by Gasteiger charge is -2.20. The van der Waals surface area contributed by atoms with Crippen molar-refractivity contribution in [2.24, 2.45) is 0 Å². The maximum atomic E-state index is 13.7. The molecule has 0 amide bonds. The molecule has 0 bridgehead atoms. The van der Waals surface area contributed by atoms with E-state index >= 15 is 0 Å². The van der Waals surface area contributed by atoms with E-state index < -0.39 is 0 Å². The average Bonchev–Trinajstić information content (AvgIpc) is 2.45. The average molecular weight is 277 g/mol. The van der Waals surface area contributed by atoms with Gasteiger partial charge in [-0.05, 0) is 57.6 Å². The van der Waals surface area contributed by atoms with Crippen LogP contribution in [0, 0.1) is 17.1 Å². The Bertz CT molecular complexity index is 450. The third-order valence-corrected chi connectivity index (χ3v) is 3.51. The Labute approximate surface area is 121 Å². The van der Waals surface area contributed by atoms with Crippen LogP contribution in [0.2, 0.25) is 0 Å². The zero-order chi connectivity index (χ0) is 15.0. The first-order valence-electron chi connectivity index (χ1n) is 7.29. The van der Waals surface area contributed by atoms with E-state index in [1.165, 1.54) is 6.07 Å². The Hall–Kier alpha value is -1.60. The summed E-state index contributed by atoms with van der Waals surface area (Å²) in [7, 11) is 0. The summed E-state index contributed by atoms with van der Waals surface area (Å²) in [6.45, 7) is 9.61. The molecule has 0 spiro atoms. The predicted molar refractivity (Wildman–Crippen MR) is 81.2 cm³/mol. The Kier molecular flexibility index (Phi) is 7.03. The molecule has 110 valence electrons. The second kappa shape index (κ2) is 8.55. The molecule has 1 N–H and O–H groups in total. The van der Waals surface area contributed by atoms with E-state index in [1.54, 1.807) is 12.1 Å². The lowest BCUT2D eigenvalue weighted by Crippen LogP contribution is -2.25. The van der Waals surface area contributed by atoms with Gasteiger partial charge in [0.2, 0.25) is 0 Å². The first kappa shape index (κ1) is 16.5. The first-order valence-corrected chi connectivity index (χ1v) is 7.29. The lowest BCUT2D eigenvalue weighted by molar-refractivity contribution is 0.295. The van der Waals surface area contributed by atoms with E-state index in [0.717, 1.165) is 32.5 Å². The van der Waals surface area contributed by atoms with Gasteiger partial charge in [0, 0.05) is 6.04 Å². The van der Waals surface area contributed by atoms with Gasteiger partial charge in [-0.15, -0.1) is 0 Å². The highest BCUT2D eigenvalue weighted by atomic mass is 19.1. The van der Waals surface area contributed by atoms with Crippen molar-refractivity contribution < 1.29 is 4.39 Å². The van der Waals surface area contributed by atoms with Gasteiger partial charge >= 0.3 is 0 Å². The van der Waals surface area contributed by atoms with Crippen LogP contribution in [0.15, 0.2) is 18.2 Å². The Morgan fingerprint density at radius 1 is 1.35 bits per heavy atom. The number of hydrogen-bond donors (Lipinski definition) is 1. The van der Waals surface area contributed by atoms with Crippen molar-refractivity contribution in [2.45, 2.75) is 39.7 Å². The fraction of sp³-hybridized carbons (Fsp3) is 0.562. The second-order valence-electron chi connectivity index (χ2n) is 5.02. The summed E-state index contributed by atoms with van der Waals surface area (Å²) in [5.41, 5.74) is 0.821. The van der Waals surface area contributed by atoms with Gasteiger partial charge in [-0.2, -0.15) is 5.26 Å². The summed E-state index contributed by atoms with van der Waals surface area (Å²) in [6.07, 6.45) is 2.09. The minimum Gasteiger partial charge on any atom is -0.380 e. The molecule has 1 aromatic rings. The zero-order valence-electron chi connectivity index (χ0n) is 12.6. The molecular weight excluding hydrogens is 253 g/mol. The highest BCUT2D eigenvalue weighted by molar-refractivity contribution is 5.49. The number of nitrogens with one attached hydrogen (secondary N) is 1. The van der Waals surface area contributed by atoms with Gasteiger partial charge in [0.1, 0.15) is 5.82 Å². The third-order valence-electron chi connectivity index (χ3n) is 3.51. The lowest BCUT2D eigenvalue weighted by atomic mass is 10.1. The van der Waals surface area contributed by atoms with Crippen LogP contribution in [0.1, 0.15) is 39.2 Å². The third kappa shape index (κ3) is 5.18. The van der Waals surface area contributed by atoms with Crippen LogP contribution < -0.4 is 5.32 Å². The van der Waals surface area contributed by atoms with E-state index in [1.807, 2.05) is 6.07 Å². The predicted octanol–water partition coefficient (Wildman–Crippen LogP) is 3.62. The van der Waals surface area contributed by atoms with Crippen molar-refractivity contribution in [1.82, 2.24) is 4.90 Å². The van der Waals surface area contributed by atoms with Gasteiger partial charge in [0.15, 0.2) is 0 Å². The van der Waals surface area contributed by atoms with Gasteiger partial charge < -0.3 is 10.2 Å². The maximum absolute atomic E-state index is 13.7. The largest absolute Gasteiger partial charge is 0.380 e. The van der Waals surface area contributed by atoms with Gasteiger partial charge in [0.05, 0.1) is 17.3 Å². The standard InChI is InChI=1S/C16H24FN3/c1-4-20(5-2)10-6-7-13(3)19-16-9-8-14(12-18)11-15(16)17/h8-9,11,13,19H,4-7,10H2,1-3H3. The molecule has 1 unspecified atom stereocenters. The molecule has 0 aliphatic rings. The topological polar surface area (TPSA) is 39.1 Å². The van der Waals surface area contributed by atoms with Crippen molar-refractivity contribution in [3.05, 3.63) is 29.6 Å². The summed E-state index contributed by atoms with van der Waals surface area (Å²) in [6, 6.07) is 6.69. The van der Waals surface area contributed by atoms with Gasteiger partial charge in [-0.25, -0.2) is 4.39 Å². The number of hydrogen-bond acceptors (Lipinski definition) is 3. The van der Waals surface area contributed by atoms with Crippen LogP contribution in [0.3, 0.4) is 0 Å². The van der Waals surface area contributed by atoms with Crippen LogP contribution in [-0.2, 0) is 0 Å². The SMILES string of the molecule is CCN(CC)CCCC(C)Nc1ccc(C#N)cc1F. The van der Waals surface area contributed by atoms with Crippen molar-refractivity contribution in [3.8, 4) is 6.07 Å². The first-order chi connectivity index (χ1) is 9.60. The molecule has 0 radical (unpaired) electrons. The molecule has 0 fully saturated rings. The second-order valence-corrected chi connectivity index (χ2v) is 5.02. The monoisotopic (exact) mass is 277 g/mol. The Balaban J connectivity index is 2.43. The van der Waals surface area contributed by atoms with Gasteiger partial charge in [0.25, 0.3) is 0 Å². The molecule has 1 rings (SSSR count). The zero-order valence-corrected chi connectivity index (χ0v) is 12.6. The van der Waals surface area contributed by atoms with Crippen molar-refractivity contribution in [3.63, 3.8) is 0 Å². The Morgan fingerprint density at radius 3 is 2.60 bits per heavy atom. The fourth-order valence-electron chi connectivity index (χ4n) is 2.20. The highest BCUT2D eigenvalue weighted by Gasteiger charge is 2.08. The number of anilines is 1. The van der Waals surface area contributed by atoms with Crippen LogP contribution in [0.4, 0.5) is 10.1 Å². The van der Waals surface area contributed by atoms with Crippen LogP contribution in [0.25, 0.3) is 0 Å². The number of benzene rings is 1. The summed E-state index contributed by atoms with van der Waals surface area (Å²) < 4.78 is 13.7. The van der Waals surface area contributed by atoms with E-state index in [9.17, 15) is 4.39 Å². The molecule has 20 heavy (non-hydrogen) atoms. The smallest absolute Gasteiger partial charge is 0.147 e. The van der Waals surface area contributed by atoms with E-state index in [-0.39, 0.29) is 11.9 Å². The van der Waals surface area contributed by atoms with E-state index in [0.29, 0.717) is 11.3 Å². The van der Waals surface area contributed by atoms with Gasteiger partial charge in [-0.1, -0.05) is 13.8 Å². The van der Waals surface area contributed by atoms with Crippen LogP contribution in [0.5, 0.6) is 0 Å². The molecule has 0 heterocycles. The maximum Gasteiger partial charge on any atom is 0.147 e. The normalized spacial score (nSPS) is 12.2. The molecule has 1 atom stereocenters. The number of halogens is 1. The molecule has 4 heteroatoms. The fourth-order valence-corrected chi connectivity index (χ4v) is 2.20. The van der Waals surface area contributed by atoms with Crippen molar-refractivity contribution in [2.75, 3.05) is 25.0 Å². The van der Waals surface area contributed by atoms with Crippen molar-refractivity contribution >= 4 is 5.69 Å². The number of nitriles is 1. The molecule has 1 aromatic carbocycles. The summed E-state index contributed by atoms with van der Waals surface area (Å²) >= 11 is 0. The molecule has 0 saturated carbocycles. The summed E-state index contributed by atoms with van der Waals surface area (Å²) in [5, 5.41) is 11.9. The quantitative estimate of drug-likeness (QED) is 0.789. The number of nitrogens with zero attached hydrogens (tertiary/aromatic N) is 2. The summed E-state index contributed by atoms with van der Waals surface area (Å²) in [5.74, 6) is -0.361. The van der Waals surface area contributed by atoms with Crippen molar-refractivity contribution in [1.29, 1.82) is 5.26 Å². The molecule has 0 saturated heterocycles.